The summed E-state index contributed by atoms with van der Waals surface area (Å²) >= 11 is 0. The Kier molecular flexibility index (Phi) is 3.54. The third-order valence-electron chi connectivity index (χ3n) is 3.87. The summed E-state index contributed by atoms with van der Waals surface area (Å²) in [5.41, 5.74) is 1.02. The third kappa shape index (κ3) is 2.42. The highest BCUT2D eigenvalue weighted by Gasteiger charge is 2.38. The number of aromatic hydroxyl groups is 2. The summed E-state index contributed by atoms with van der Waals surface area (Å²) in [7, 11) is 1.44. The summed E-state index contributed by atoms with van der Waals surface area (Å²) in [5, 5.41) is 28.7. The Bertz CT molecular complexity index is 688. The minimum atomic E-state index is -0.581. The predicted octanol–water partition coefficient (Wildman–Crippen LogP) is 2.24. The molecule has 6 heteroatoms. The van der Waals surface area contributed by atoms with E-state index >= 15 is 0 Å². The average molecular weight is 304 g/mol. The van der Waals surface area contributed by atoms with Crippen molar-refractivity contribution < 1.29 is 29.6 Å². The number of phenolic OH excluding ortho intramolecular Hbond substituents is 2. The van der Waals surface area contributed by atoms with Crippen LogP contribution in [0.3, 0.4) is 0 Å². The van der Waals surface area contributed by atoms with Crippen molar-refractivity contribution in [2.45, 2.75) is 25.0 Å². The molecule has 0 spiro atoms. The van der Waals surface area contributed by atoms with Gasteiger partial charge in [-0.1, -0.05) is 6.07 Å². The molecule has 3 rings (SSSR count). The number of carbonyl (C=O) groups is 1. The molecule has 0 saturated carbocycles. The van der Waals surface area contributed by atoms with Crippen LogP contribution >= 0.6 is 0 Å². The number of phenols is 2. The second kappa shape index (κ2) is 5.38. The van der Waals surface area contributed by atoms with Crippen molar-refractivity contribution in [2.24, 2.45) is 0 Å². The number of benzene rings is 1. The lowest BCUT2D eigenvalue weighted by Gasteiger charge is -2.34. The molecule has 116 valence electrons. The van der Waals surface area contributed by atoms with Gasteiger partial charge in [-0.25, -0.2) is 0 Å². The lowest BCUT2D eigenvalue weighted by molar-refractivity contribution is -0.127. The normalized spacial score (nSPS) is 24.8. The van der Waals surface area contributed by atoms with E-state index < -0.39 is 12.2 Å². The van der Waals surface area contributed by atoms with Crippen molar-refractivity contribution in [3.05, 3.63) is 46.9 Å². The molecule has 1 aromatic carbocycles. The van der Waals surface area contributed by atoms with Crippen LogP contribution in [0.2, 0.25) is 0 Å². The number of aliphatic hydroxyl groups is 1. The number of rotatable bonds is 2. The average Bonchev–Trinajstić information content (AvgIpc) is 2.48. The van der Waals surface area contributed by atoms with E-state index in [4.69, 9.17) is 9.47 Å². The first-order chi connectivity index (χ1) is 10.5. The number of Topliss-reactive ketones (excluding diaryl/α,β-unsaturated/α-hetero) is 1. The zero-order chi connectivity index (χ0) is 15.9. The SMILES string of the molecule is COC1=C2C(=O)CC(c3ccc(O)c(O)c3)OC2CC(O)=C1. The minimum Gasteiger partial charge on any atom is -0.512 e. The highest BCUT2D eigenvalue weighted by atomic mass is 16.5. The maximum absolute atomic E-state index is 12.4. The van der Waals surface area contributed by atoms with Crippen LogP contribution in [0.15, 0.2) is 41.4 Å². The molecule has 0 bridgehead atoms. The quantitative estimate of drug-likeness (QED) is 0.725. The summed E-state index contributed by atoms with van der Waals surface area (Å²) in [4.78, 5) is 12.4. The number of hydrogen-bond donors (Lipinski definition) is 3. The Morgan fingerprint density at radius 2 is 1.91 bits per heavy atom. The van der Waals surface area contributed by atoms with Gasteiger partial charge in [0.05, 0.1) is 30.6 Å². The molecule has 22 heavy (non-hydrogen) atoms. The Morgan fingerprint density at radius 1 is 1.14 bits per heavy atom. The van der Waals surface area contributed by atoms with E-state index in [0.717, 1.165) is 0 Å². The first-order valence-corrected chi connectivity index (χ1v) is 6.88. The van der Waals surface area contributed by atoms with E-state index in [1.165, 1.54) is 25.3 Å². The minimum absolute atomic E-state index is 0.0904. The van der Waals surface area contributed by atoms with Crippen LogP contribution in [0.25, 0.3) is 0 Å². The van der Waals surface area contributed by atoms with Crippen LogP contribution in [-0.4, -0.2) is 34.3 Å². The predicted molar refractivity (Wildman–Crippen MR) is 76.4 cm³/mol. The molecule has 1 aliphatic carbocycles. The van der Waals surface area contributed by atoms with Crippen LogP contribution in [0.5, 0.6) is 11.5 Å². The molecular weight excluding hydrogens is 288 g/mol. The highest BCUT2D eigenvalue weighted by Crippen LogP contribution is 2.40. The first kappa shape index (κ1) is 14.5. The number of hydrogen-bond acceptors (Lipinski definition) is 6. The molecule has 0 amide bonds. The standard InChI is InChI=1S/C16H16O6/c1-21-14-5-9(17)6-15-16(14)12(20)7-13(22-15)8-2-3-10(18)11(19)4-8/h2-5,13,15,17-19H,6-7H2,1H3. The second-order valence-corrected chi connectivity index (χ2v) is 5.31. The van der Waals surface area contributed by atoms with Gasteiger partial charge in [0, 0.05) is 18.9 Å². The van der Waals surface area contributed by atoms with Crippen LogP contribution in [-0.2, 0) is 14.3 Å². The number of methoxy groups -OCH3 is 1. The van der Waals surface area contributed by atoms with Crippen molar-refractivity contribution in [1.29, 1.82) is 0 Å². The van der Waals surface area contributed by atoms with E-state index in [-0.39, 0.29) is 35.9 Å². The van der Waals surface area contributed by atoms with Crippen LogP contribution in [0.1, 0.15) is 24.5 Å². The molecule has 2 unspecified atom stereocenters. The van der Waals surface area contributed by atoms with Gasteiger partial charge in [0.2, 0.25) is 0 Å². The van der Waals surface area contributed by atoms with Crippen LogP contribution in [0, 0.1) is 0 Å². The molecule has 2 aliphatic rings. The smallest absolute Gasteiger partial charge is 0.168 e. The first-order valence-electron chi connectivity index (χ1n) is 6.88. The Labute approximate surface area is 126 Å². The molecule has 1 aliphatic heterocycles. The van der Waals surface area contributed by atoms with E-state index in [9.17, 15) is 20.1 Å². The van der Waals surface area contributed by atoms with Gasteiger partial charge in [-0.05, 0) is 17.7 Å². The summed E-state index contributed by atoms with van der Waals surface area (Å²) in [6, 6.07) is 4.32. The molecule has 2 atom stereocenters. The van der Waals surface area contributed by atoms with Crippen molar-refractivity contribution >= 4 is 5.78 Å². The second-order valence-electron chi connectivity index (χ2n) is 5.31. The summed E-state index contributed by atoms with van der Waals surface area (Å²) in [6.45, 7) is 0. The Morgan fingerprint density at radius 3 is 2.59 bits per heavy atom. The summed E-state index contributed by atoms with van der Waals surface area (Å²) < 4.78 is 11.0. The maximum Gasteiger partial charge on any atom is 0.168 e. The van der Waals surface area contributed by atoms with Crippen molar-refractivity contribution in [2.75, 3.05) is 7.11 Å². The zero-order valence-corrected chi connectivity index (χ0v) is 11.9. The molecule has 1 fully saturated rings. The lowest BCUT2D eigenvalue weighted by Crippen LogP contribution is -2.34. The van der Waals surface area contributed by atoms with E-state index in [2.05, 4.69) is 0 Å². The fourth-order valence-electron chi connectivity index (χ4n) is 2.80. The van der Waals surface area contributed by atoms with Gasteiger partial charge in [-0.15, -0.1) is 0 Å². The fourth-order valence-corrected chi connectivity index (χ4v) is 2.80. The fraction of sp³-hybridized carbons (Fsp3) is 0.312. The van der Waals surface area contributed by atoms with Crippen LogP contribution in [0.4, 0.5) is 0 Å². The molecule has 0 aromatic heterocycles. The van der Waals surface area contributed by atoms with Gasteiger partial charge in [0.15, 0.2) is 17.3 Å². The molecular formula is C16H16O6. The van der Waals surface area contributed by atoms with Gasteiger partial charge in [0.25, 0.3) is 0 Å². The number of aliphatic hydroxyl groups excluding tert-OH is 1. The molecule has 1 aromatic rings. The van der Waals surface area contributed by atoms with Crippen LogP contribution < -0.4 is 0 Å². The lowest BCUT2D eigenvalue weighted by atomic mass is 9.87. The molecule has 0 radical (unpaired) electrons. The third-order valence-corrected chi connectivity index (χ3v) is 3.87. The topological polar surface area (TPSA) is 96.2 Å². The Balaban J connectivity index is 1.92. The number of fused-ring (bicyclic) bond motifs is 1. The van der Waals surface area contributed by atoms with E-state index in [1.54, 1.807) is 6.07 Å². The van der Waals surface area contributed by atoms with Gasteiger partial charge >= 0.3 is 0 Å². The largest absolute Gasteiger partial charge is 0.512 e. The van der Waals surface area contributed by atoms with Gasteiger partial charge in [-0.2, -0.15) is 0 Å². The highest BCUT2D eigenvalue weighted by molar-refractivity contribution is 5.98. The van der Waals surface area contributed by atoms with Gasteiger partial charge < -0.3 is 24.8 Å². The maximum atomic E-state index is 12.4. The number of allylic oxidation sites excluding steroid dienone is 1. The molecule has 6 nitrogen and oxygen atoms in total. The van der Waals surface area contributed by atoms with Gasteiger partial charge in [-0.3, -0.25) is 4.79 Å². The molecule has 1 heterocycles. The summed E-state index contributed by atoms with van der Waals surface area (Å²) in [6.07, 6.45) is 0.616. The summed E-state index contributed by atoms with van der Waals surface area (Å²) in [5.74, 6) is -0.196. The van der Waals surface area contributed by atoms with Crippen molar-refractivity contribution in [3.63, 3.8) is 0 Å². The molecule has 1 saturated heterocycles. The number of ether oxygens (including phenoxy) is 2. The zero-order valence-electron chi connectivity index (χ0n) is 11.9. The van der Waals surface area contributed by atoms with Gasteiger partial charge in [0.1, 0.15) is 5.76 Å². The monoisotopic (exact) mass is 304 g/mol. The number of ketones is 1. The molecule has 3 N–H and O–H groups in total. The number of carbonyl (C=O) groups excluding carboxylic acids is 1. The van der Waals surface area contributed by atoms with E-state index in [0.29, 0.717) is 16.9 Å². The van der Waals surface area contributed by atoms with E-state index in [1.807, 2.05) is 0 Å². The van der Waals surface area contributed by atoms with Crippen molar-refractivity contribution in [3.8, 4) is 11.5 Å². The van der Waals surface area contributed by atoms with Crippen molar-refractivity contribution in [1.82, 2.24) is 0 Å². The Hall–Kier alpha value is -2.47.